The number of hydrogen-bond acceptors (Lipinski definition) is 5. The largest absolute Gasteiger partial charge is 0.384 e. The third-order valence-corrected chi connectivity index (χ3v) is 5.09. The SMILES string of the molecule is Cn1c(N)c(C(=O)CSc2ccc(C(C)(C)C)cc2)c(=O)n(C)c1=O. The summed E-state index contributed by atoms with van der Waals surface area (Å²) in [7, 11) is 2.77. The van der Waals surface area contributed by atoms with Gasteiger partial charge in [-0.3, -0.25) is 18.7 Å². The molecule has 1 aromatic heterocycles. The van der Waals surface area contributed by atoms with Gasteiger partial charge < -0.3 is 5.73 Å². The minimum atomic E-state index is -0.658. The number of hydrogen-bond donors (Lipinski definition) is 1. The van der Waals surface area contributed by atoms with Crippen molar-refractivity contribution in [3.05, 3.63) is 56.2 Å². The van der Waals surface area contributed by atoms with Gasteiger partial charge in [0, 0.05) is 19.0 Å². The molecule has 134 valence electrons. The molecule has 6 nitrogen and oxygen atoms in total. The predicted molar refractivity (Wildman–Crippen MR) is 102 cm³/mol. The first-order valence-corrected chi connectivity index (χ1v) is 8.84. The zero-order valence-electron chi connectivity index (χ0n) is 15.1. The standard InChI is InChI=1S/C18H23N3O3S/c1-18(2,3)11-6-8-12(9-7-11)25-10-13(22)14-15(19)20(4)17(24)21(5)16(14)23/h6-9H,10,19H2,1-5H3. The summed E-state index contributed by atoms with van der Waals surface area (Å²) in [6, 6.07) is 7.99. The number of nitrogens with two attached hydrogens (primary N) is 1. The number of aromatic nitrogens is 2. The van der Waals surface area contributed by atoms with Gasteiger partial charge in [-0.2, -0.15) is 0 Å². The van der Waals surface area contributed by atoms with E-state index >= 15 is 0 Å². The van der Waals surface area contributed by atoms with Gasteiger partial charge >= 0.3 is 5.69 Å². The van der Waals surface area contributed by atoms with Gasteiger partial charge in [0.15, 0.2) is 5.78 Å². The van der Waals surface area contributed by atoms with Crippen molar-refractivity contribution >= 4 is 23.4 Å². The molecule has 0 unspecified atom stereocenters. The van der Waals surface area contributed by atoms with Gasteiger partial charge in [-0.25, -0.2) is 4.79 Å². The highest BCUT2D eigenvalue weighted by atomic mass is 32.2. The smallest absolute Gasteiger partial charge is 0.332 e. The zero-order chi connectivity index (χ0) is 18.9. The van der Waals surface area contributed by atoms with Gasteiger partial charge in [0.25, 0.3) is 5.56 Å². The summed E-state index contributed by atoms with van der Waals surface area (Å²) in [4.78, 5) is 37.4. The average molecular weight is 361 g/mol. The number of Topliss-reactive ketones (excluding diaryl/α,β-unsaturated/α-hetero) is 1. The molecule has 25 heavy (non-hydrogen) atoms. The van der Waals surface area contributed by atoms with Gasteiger partial charge in [-0.05, 0) is 23.1 Å². The van der Waals surface area contributed by atoms with Crippen LogP contribution in [0.15, 0.2) is 38.8 Å². The van der Waals surface area contributed by atoms with E-state index < -0.39 is 17.0 Å². The molecule has 0 aliphatic carbocycles. The number of thioether (sulfide) groups is 1. The molecule has 0 aliphatic heterocycles. The molecule has 2 rings (SSSR count). The lowest BCUT2D eigenvalue weighted by molar-refractivity contribution is 0.102. The van der Waals surface area contributed by atoms with Crippen LogP contribution < -0.4 is 17.0 Å². The zero-order valence-corrected chi connectivity index (χ0v) is 15.9. The van der Waals surface area contributed by atoms with Crippen LogP contribution in [0.1, 0.15) is 36.7 Å². The van der Waals surface area contributed by atoms with Crippen LogP contribution in [-0.4, -0.2) is 20.7 Å². The monoisotopic (exact) mass is 361 g/mol. The van der Waals surface area contributed by atoms with E-state index in [4.69, 9.17) is 5.73 Å². The Bertz CT molecular complexity index is 919. The number of carbonyl (C=O) groups excluding carboxylic acids is 1. The normalized spacial score (nSPS) is 11.6. The molecule has 2 aromatic rings. The lowest BCUT2D eigenvalue weighted by atomic mass is 9.87. The fourth-order valence-electron chi connectivity index (χ4n) is 2.39. The molecule has 0 radical (unpaired) electrons. The van der Waals surface area contributed by atoms with E-state index in [2.05, 4.69) is 20.8 Å². The molecule has 0 saturated carbocycles. The summed E-state index contributed by atoms with van der Waals surface area (Å²) in [6.07, 6.45) is 0. The molecule has 7 heteroatoms. The Morgan fingerprint density at radius 2 is 1.64 bits per heavy atom. The molecule has 0 atom stereocenters. The van der Waals surface area contributed by atoms with Crippen molar-refractivity contribution in [2.24, 2.45) is 14.1 Å². The molecule has 0 amide bonds. The topological polar surface area (TPSA) is 87.1 Å². The maximum atomic E-state index is 12.5. The van der Waals surface area contributed by atoms with Crippen LogP contribution in [0.25, 0.3) is 0 Å². The first-order valence-electron chi connectivity index (χ1n) is 7.86. The Hall–Kier alpha value is -2.28. The lowest BCUT2D eigenvalue weighted by Gasteiger charge is -2.19. The number of nitrogens with zero attached hydrogens (tertiary/aromatic N) is 2. The molecule has 0 fully saturated rings. The fraction of sp³-hybridized carbons (Fsp3) is 0.389. The van der Waals surface area contributed by atoms with E-state index in [-0.39, 0.29) is 22.5 Å². The second-order valence-electron chi connectivity index (χ2n) is 6.95. The number of anilines is 1. The number of benzene rings is 1. The van der Waals surface area contributed by atoms with Crippen LogP contribution in [0.2, 0.25) is 0 Å². The maximum absolute atomic E-state index is 12.5. The quantitative estimate of drug-likeness (QED) is 0.664. The number of carbonyl (C=O) groups is 1. The molecular formula is C18H23N3O3S. The Morgan fingerprint density at radius 1 is 1.08 bits per heavy atom. The van der Waals surface area contributed by atoms with Crippen LogP contribution in [0.5, 0.6) is 0 Å². The third-order valence-electron chi connectivity index (χ3n) is 4.08. The van der Waals surface area contributed by atoms with Crippen molar-refractivity contribution in [1.82, 2.24) is 9.13 Å². The lowest BCUT2D eigenvalue weighted by Crippen LogP contribution is -2.41. The van der Waals surface area contributed by atoms with Gasteiger partial charge in [-0.15, -0.1) is 11.8 Å². The Balaban J connectivity index is 2.22. The summed E-state index contributed by atoms with van der Waals surface area (Å²) in [5.41, 5.74) is 5.74. The predicted octanol–water partition coefficient (Wildman–Crippen LogP) is 1.94. The first-order chi connectivity index (χ1) is 11.5. The van der Waals surface area contributed by atoms with E-state index in [0.29, 0.717) is 0 Å². The van der Waals surface area contributed by atoms with Crippen LogP contribution in [0.4, 0.5) is 5.82 Å². The van der Waals surface area contributed by atoms with Gasteiger partial charge in [0.1, 0.15) is 11.4 Å². The summed E-state index contributed by atoms with van der Waals surface area (Å²) < 4.78 is 2.00. The summed E-state index contributed by atoms with van der Waals surface area (Å²) in [5.74, 6) is -0.410. The molecule has 0 saturated heterocycles. The highest BCUT2D eigenvalue weighted by Gasteiger charge is 2.20. The van der Waals surface area contributed by atoms with Crippen molar-refractivity contribution in [3.8, 4) is 0 Å². The van der Waals surface area contributed by atoms with Crippen LogP contribution in [0, 0.1) is 0 Å². The van der Waals surface area contributed by atoms with Crippen molar-refractivity contribution in [2.75, 3.05) is 11.5 Å². The maximum Gasteiger partial charge on any atom is 0.332 e. The highest BCUT2D eigenvalue weighted by Crippen LogP contribution is 2.26. The van der Waals surface area contributed by atoms with Crippen molar-refractivity contribution in [2.45, 2.75) is 31.1 Å². The van der Waals surface area contributed by atoms with Crippen molar-refractivity contribution in [3.63, 3.8) is 0 Å². The molecule has 2 N–H and O–H groups in total. The van der Waals surface area contributed by atoms with E-state index in [1.807, 2.05) is 24.3 Å². The van der Waals surface area contributed by atoms with E-state index in [0.717, 1.165) is 14.0 Å². The summed E-state index contributed by atoms with van der Waals surface area (Å²) in [6.45, 7) is 6.41. The number of ketones is 1. The minimum absolute atomic E-state index is 0.0640. The second-order valence-corrected chi connectivity index (χ2v) is 8.00. The highest BCUT2D eigenvalue weighted by molar-refractivity contribution is 8.00. The van der Waals surface area contributed by atoms with Gasteiger partial charge in [-0.1, -0.05) is 32.9 Å². The Labute approximate surface area is 150 Å². The molecule has 0 aliphatic rings. The van der Waals surface area contributed by atoms with Crippen LogP contribution in [-0.2, 0) is 19.5 Å². The van der Waals surface area contributed by atoms with Crippen LogP contribution in [0.3, 0.4) is 0 Å². The Kier molecular flexibility index (Phi) is 5.27. The number of nitrogen functional groups attached to an aromatic ring is 1. The van der Waals surface area contributed by atoms with Crippen molar-refractivity contribution in [1.29, 1.82) is 0 Å². The molecule has 0 spiro atoms. The molecule has 1 aromatic carbocycles. The molecule has 1 heterocycles. The summed E-state index contributed by atoms with van der Waals surface area (Å²) >= 11 is 1.34. The van der Waals surface area contributed by atoms with E-state index in [1.54, 1.807) is 0 Å². The van der Waals surface area contributed by atoms with Crippen LogP contribution >= 0.6 is 11.8 Å². The van der Waals surface area contributed by atoms with E-state index in [9.17, 15) is 14.4 Å². The average Bonchev–Trinajstić information content (AvgIpc) is 2.56. The van der Waals surface area contributed by atoms with Crippen molar-refractivity contribution < 1.29 is 4.79 Å². The molecule has 0 bridgehead atoms. The minimum Gasteiger partial charge on any atom is -0.384 e. The van der Waals surface area contributed by atoms with Gasteiger partial charge in [0.05, 0.1) is 5.75 Å². The number of rotatable bonds is 4. The second kappa shape index (κ2) is 6.92. The van der Waals surface area contributed by atoms with E-state index in [1.165, 1.54) is 31.4 Å². The summed E-state index contributed by atoms with van der Waals surface area (Å²) in [5, 5.41) is 0. The Morgan fingerprint density at radius 3 is 2.16 bits per heavy atom. The molecular weight excluding hydrogens is 338 g/mol. The van der Waals surface area contributed by atoms with Gasteiger partial charge in [0.2, 0.25) is 0 Å². The first kappa shape index (κ1) is 19.1. The third kappa shape index (κ3) is 3.87. The fourth-order valence-corrected chi connectivity index (χ4v) is 3.16.